The highest BCUT2D eigenvalue weighted by Crippen LogP contribution is 2.32. The predicted molar refractivity (Wildman–Crippen MR) is 45.8 cm³/mol. The molecule has 0 amide bonds. The molecule has 1 aromatic rings. The first-order valence-electron chi connectivity index (χ1n) is 3.22. The molecule has 0 radical (unpaired) electrons. The lowest BCUT2D eigenvalue weighted by atomic mass is 10.1. The van der Waals surface area contributed by atoms with Crippen LogP contribution in [0.2, 0.25) is 0 Å². The fraction of sp³-hybridized carbons (Fsp3) is 0.125. The van der Waals surface area contributed by atoms with E-state index >= 15 is 0 Å². The highest BCUT2D eigenvalue weighted by molar-refractivity contribution is 9.10. The number of hydrogen-bond donors (Lipinski definition) is 1. The van der Waals surface area contributed by atoms with Crippen LogP contribution in [0.4, 0.5) is 4.39 Å². The molecular formula is C8H6BrFO2. The van der Waals surface area contributed by atoms with Crippen LogP contribution < -0.4 is 0 Å². The first-order valence-corrected chi connectivity index (χ1v) is 4.01. The van der Waals surface area contributed by atoms with Crippen molar-refractivity contribution in [3.8, 4) is 0 Å². The van der Waals surface area contributed by atoms with Crippen molar-refractivity contribution < 1.29 is 14.3 Å². The molecule has 0 saturated carbocycles. The number of carbonyl (C=O) groups is 1. The molecule has 4 heteroatoms. The van der Waals surface area contributed by atoms with E-state index in [1.165, 1.54) is 12.1 Å². The van der Waals surface area contributed by atoms with Crippen LogP contribution in [-0.2, 0) is 9.37 Å². The Balaban J connectivity index is 3.06. The molecule has 12 heavy (non-hydrogen) atoms. The van der Waals surface area contributed by atoms with Gasteiger partial charge in [0.05, 0.1) is 0 Å². The summed E-state index contributed by atoms with van der Waals surface area (Å²) in [6.07, 6.45) is 0. The fourth-order valence-electron chi connectivity index (χ4n) is 0.771. The van der Waals surface area contributed by atoms with Gasteiger partial charge in [0.25, 0.3) is 4.58 Å². The van der Waals surface area contributed by atoms with E-state index in [1.807, 2.05) is 0 Å². The zero-order valence-corrected chi connectivity index (χ0v) is 7.58. The quantitative estimate of drug-likeness (QED) is 0.795. The molecule has 0 aliphatic heterocycles. The van der Waals surface area contributed by atoms with E-state index in [1.54, 1.807) is 18.2 Å². The standard InChI is InChI=1S/C8H6BrFO2/c9-8(10,7(11)12)6-4-2-1-3-5-6/h1-5H,(H,11,12). The molecule has 1 N–H and O–H groups in total. The summed E-state index contributed by atoms with van der Waals surface area (Å²) < 4.78 is 10.8. The molecule has 1 atom stereocenters. The number of aliphatic carboxylic acids is 1. The smallest absolute Gasteiger partial charge is 0.357 e. The van der Waals surface area contributed by atoms with E-state index < -0.39 is 10.5 Å². The molecule has 0 aliphatic carbocycles. The molecule has 2 nitrogen and oxygen atoms in total. The van der Waals surface area contributed by atoms with E-state index in [9.17, 15) is 9.18 Å². The van der Waals surface area contributed by atoms with Crippen LogP contribution in [0.25, 0.3) is 0 Å². The van der Waals surface area contributed by atoms with Crippen molar-refractivity contribution in [2.45, 2.75) is 4.58 Å². The minimum Gasteiger partial charge on any atom is -0.478 e. The van der Waals surface area contributed by atoms with Gasteiger partial charge in [0.15, 0.2) is 0 Å². The Kier molecular flexibility index (Phi) is 2.47. The number of benzene rings is 1. The maximum absolute atomic E-state index is 13.3. The van der Waals surface area contributed by atoms with Crippen LogP contribution >= 0.6 is 15.9 Å². The molecule has 0 bridgehead atoms. The molecule has 1 unspecified atom stereocenters. The molecule has 0 saturated heterocycles. The third-order valence-corrected chi connectivity index (χ3v) is 2.20. The summed E-state index contributed by atoms with van der Waals surface area (Å²) in [5.74, 6) is -1.55. The lowest BCUT2D eigenvalue weighted by Crippen LogP contribution is -2.23. The van der Waals surface area contributed by atoms with E-state index in [0.29, 0.717) is 0 Å². The van der Waals surface area contributed by atoms with Crippen molar-refractivity contribution in [1.82, 2.24) is 0 Å². The SMILES string of the molecule is O=C(O)C(F)(Br)c1ccccc1. The van der Waals surface area contributed by atoms with Gasteiger partial charge < -0.3 is 5.11 Å². The summed E-state index contributed by atoms with van der Waals surface area (Å²) in [4.78, 5) is 10.4. The number of rotatable bonds is 2. The van der Waals surface area contributed by atoms with E-state index in [0.717, 1.165) is 0 Å². The summed E-state index contributed by atoms with van der Waals surface area (Å²) in [6, 6.07) is 7.65. The van der Waals surface area contributed by atoms with Crippen LogP contribution in [0.1, 0.15) is 5.56 Å². The Hall–Kier alpha value is -0.900. The van der Waals surface area contributed by atoms with Gasteiger partial charge in [-0.2, -0.15) is 0 Å². The molecule has 64 valence electrons. The second-order valence-corrected chi connectivity index (χ2v) is 3.34. The molecular weight excluding hydrogens is 227 g/mol. The highest BCUT2D eigenvalue weighted by Gasteiger charge is 2.37. The predicted octanol–water partition coefficient (Wildman–Crippen LogP) is 2.29. The Morgan fingerprint density at radius 3 is 2.33 bits per heavy atom. The number of halogens is 2. The van der Waals surface area contributed by atoms with Gasteiger partial charge in [-0.25, -0.2) is 9.18 Å². The van der Waals surface area contributed by atoms with Crippen molar-refractivity contribution >= 4 is 21.9 Å². The van der Waals surface area contributed by atoms with Gasteiger partial charge in [-0.05, 0) is 15.9 Å². The third-order valence-electron chi connectivity index (χ3n) is 1.40. The number of hydrogen-bond acceptors (Lipinski definition) is 1. The lowest BCUT2D eigenvalue weighted by molar-refractivity contribution is -0.144. The molecule has 0 aromatic heterocycles. The lowest BCUT2D eigenvalue weighted by Gasteiger charge is -2.12. The maximum atomic E-state index is 13.3. The zero-order chi connectivity index (χ0) is 9.19. The highest BCUT2D eigenvalue weighted by atomic mass is 79.9. The van der Waals surface area contributed by atoms with Crippen molar-refractivity contribution in [2.75, 3.05) is 0 Å². The second-order valence-electron chi connectivity index (χ2n) is 2.25. The van der Waals surface area contributed by atoms with Gasteiger partial charge in [-0.1, -0.05) is 30.3 Å². The number of carboxylic acids is 1. The largest absolute Gasteiger partial charge is 0.478 e. The Morgan fingerprint density at radius 1 is 1.42 bits per heavy atom. The summed E-state index contributed by atoms with van der Waals surface area (Å²) in [5.41, 5.74) is 0.0810. The fourth-order valence-corrected chi connectivity index (χ4v) is 1.04. The van der Waals surface area contributed by atoms with Crippen molar-refractivity contribution in [3.05, 3.63) is 35.9 Å². The number of carboxylic acid groups (broad SMARTS) is 1. The number of alkyl halides is 2. The maximum Gasteiger partial charge on any atom is 0.357 e. The van der Waals surface area contributed by atoms with Crippen molar-refractivity contribution in [3.63, 3.8) is 0 Å². The van der Waals surface area contributed by atoms with Crippen molar-refractivity contribution in [1.29, 1.82) is 0 Å². The molecule has 1 aromatic carbocycles. The van der Waals surface area contributed by atoms with E-state index in [4.69, 9.17) is 5.11 Å². The summed E-state index contributed by atoms with van der Waals surface area (Å²) in [7, 11) is 0. The molecule has 0 fully saturated rings. The molecule has 0 heterocycles. The second kappa shape index (κ2) is 3.23. The molecule has 0 spiro atoms. The van der Waals surface area contributed by atoms with Crippen molar-refractivity contribution in [2.24, 2.45) is 0 Å². The topological polar surface area (TPSA) is 37.3 Å². The minimum absolute atomic E-state index is 0.0810. The Bertz CT molecular complexity index is 284. The van der Waals surface area contributed by atoms with Crippen LogP contribution in [0, 0.1) is 0 Å². The van der Waals surface area contributed by atoms with Crippen LogP contribution in [-0.4, -0.2) is 11.1 Å². The normalized spacial score (nSPS) is 15.2. The average Bonchev–Trinajstić information content (AvgIpc) is 2.06. The molecule has 0 aliphatic rings. The van der Waals surface area contributed by atoms with Gasteiger partial charge in [-0.3, -0.25) is 0 Å². The zero-order valence-electron chi connectivity index (χ0n) is 6.00. The van der Waals surface area contributed by atoms with Gasteiger partial charge in [0.2, 0.25) is 0 Å². The summed E-state index contributed by atoms with van der Waals surface area (Å²) in [6.45, 7) is 0. The van der Waals surface area contributed by atoms with Crippen LogP contribution in [0.15, 0.2) is 30.3 Å². The van der Waals surface area contributed by atoms with Gasteiger partial charge >= 0.3 is 5.97 Å². The average molecular weight is 233 g/mol. The van der Waals surface area contributed by atoms with Crippen LogP contribution in [0.5, 0.6) is 0 Å². The Labute approximate surface area is 77.2 Å². The van der Waals surface area contributed by atoms with E-state index in [2.05, 4.69) is 15.9 Å². The van der Waals surface area contributed by atoms with E-state index in [-0.39, 0.29) is 5.56 Å². The Morgan fingerprint density at radius 2 is 1.92 bits per heavy atom. The van der Waals surface area contributed by atoms with Crippen LogP contribution in [0.3, 0.4) is 0 Å². The first kappa shape index (κ1) is 9.19. The van der Waals surface area contributed by atoms with Gasteiger partial charge in [-0.15, -0.1) is 0 Å². The summed E-state index contributed by atoms with van der Waals surface area (Å²) in [5, 5.41) is 8.47. The first-order chi connectivity index (χ1) is 5.55. The van der Waals surface area contributed by atoms with Gasteiger partial charge in [0.1, 0.15) is 0 Å². The molecule has 1 rings (SSSR count). The summed E-state index contributed by atoms with van der Waals surface area (Å²) >= 11 is 2.49. The third kappa shape index (κ3) is 1.64. The minimum atomic E-state index is -2.48. The monoisotopic (exact) mass is 232 g/mol. The van der Waals surface area contributed by atoms with Gasteiger partial charge in [0, 0.05) is 5.56 Å².